The minimum absolute atomic E-state index is 0.303. The molecule has 0 aliphatic carbocycles. The summed E-state index contributed by atoms with van der Waals surface area (Å²) in [6.45, 7) is 1.57. The van der Waals surface area contributed by atoms with Crippen molar-refractivity contribution in [3.8, 4) is 5.75 Å². The van der Waals surface area contributed by atoms with Crippen molar-refractivity contribution in [1.29, 1.82) is 0 Å². The van der Waals surface area contributed by atoms with Gasteiger partial charge < -0.3 is 9.84 Å². The quantitative estimate of drug-likeness (QED) is 0.893. The van der Waals surface area contributed by atoms with Crippen LogP contribution in [-0.2, 0) is 14.8 Å². The SMILES string of the molecule is COc1ccc(C2CCCN2S(=O)(=O)C(C)C(=O)O)cc1. The second-order valence-electron chi connectivity index (χ2n) is 5.07. The number of rotatable bonds is 5. The summed E-state index contributed by atoms with van der Waals surface area (Å²) < 4.78 is 31.2. The maximum absolute atomic E-state index is 12.4. The lowest BCUT2D eigenvalue weighted by atomic mass is 10.1. The number of sulfonamides is 1. The average molecular weight is 313 g/mol. The van der Waals surface area contributed by atoms with Gasteiger partial charge in [-0.05, 0) is 37.5 Å². The lowest BCUT2D eigenvalue weighted by Crippen LogP contribution is -2.40. The second kappa shape index (κ2) is 6.03. The lowest BCUT2D eigenvalue weighted by Gasteiger charge is -2.26. The van der Waals surface area contributed by atoms with Crippen LogP contribution in [0.5, 0.6) is 5.75 Å². The van der Waals surface area contributed by atoms with E-state index in [9.17, 15) is 13.2 Å². The van der Waals surface area contributed by atoms with Crippen LogP contribution in [0.4, 0.5) is 0 Å². The van der Waals surface area contributed by atoms with Crippen molar-refractivity contribution < 1.29 is 23.1 Å². The van der Waals surface area contributed by atoms with Crippen LogP contribution in [0.2, 0.25) is 0 Å². The standard InChI is InChI=1S/C14H19NO5S/c1-10(14(16)17)21(18,19)15-9-3-4-13(15)11-5-7-12(20-2)8-6-11/h5-8,10,13H,3-4,9H2,1-2H3,(H,16,17). The van der Waals surface area contributed by atoms with Gasteiger partial charge in [0.1, 0.15) is 5.75 Å². The molecule has 1 N–H and O–H groups in total. The van der Waals surface area contributed by atoms with E-state index in [2.05, 4.69) is 0 Å². The third kappa shape index (κ3) is 3.03. The van der Waals surface area contributed by atoms with Gasteiger partial charge in [-0.25, -0.2) is 8.42 Å². The van der Waals surface area contributed by atoms with E-state index in [1.165, 1.54) is 11.2 Å². The number of nitrogens with zero attached hydrogens (tertiary/aromatic N) is 1. The number of hydrogen-bond donors (Lipinski definition) is 1. The predicted molar refractivity (Wildman–Crippen MR) is 77.7 cm³/mol. The molecule has 1 aromatic rings. The molecular formula is C14H19NO5S. The van der Waals surface area contributed by atoms with Crippen LogP contribution in [0.15, 0.2) is 24.3 Å². The summed E-state index contributed by atoms with van der Waals surface area (Å²) >= 11 is 0. The molecule has 0 spiro atoms. The smallest absolute Gasteiger partial charge is 0.323 e. The zero-order valence-electron chi connectivity index (χ0n) is 12.0. The Balaban J connectivity index is 2.29. The molecule has 1 saturated heterocycles. The zero-order valence-corrected chi connectivity index (χ0v) is 12.8. The Hall–Kier alpha value is -1.60. The molecule has 1 fully saturated rings. The van der Waals surface area contributed by atoms with Gasteiger partial charge in [-0.1, -0.05) is 12.1 Å². The number of methoxy groups -OCH3 is 1. The Kier molecular flexibility index (Phi) is 4.53. The van der Waals surface area contributed by atoms with Crippen molar-refractivity contribution in [3.05, 3.63) is 29.8 Å². The highest BCUT2D eigenvalue weighted by Crippen LogP contribution is 2.36. The maximum Gasteiger partial charge on any atom is 0.323 e. The first kappa shape index (κ1) is 15.8. The fourth-order valence-corrected chi connectivity index (χ4v) is 4.16. The van der Waals surface area contributed by atoms with E-state index in [1.54, 1.807) is 19.2 Å². The number of benzene rings is 1. The van der Waals surface area contributed by atoms with E-state index in [0.29, 0.717) is 18.7 Å². The molecule has 7 heteroatoms. The van der Waals surface area contributed by atoms with Gasteiger partial charge in [0, 0.05) is 12.6 Å². The molecular weight excluding hydrogens is 294 g/mol. The first-order chi connectivity index (χ1) is 9.87. The summed E-state index contributed by atoms with van der Waals surface area (Å²) in [5, 5.41) is 7.55. The Labute approximate surface area is 124 Å². The minimum atomic E-state index is -3.85. The van der Waals surface area contributed by atoms with E-state index in [1.807, 2.05) is 12.1 Å². The van der Waals surface area contributed by atoms with Crippen molar-refractivity contribution in [3.63, 3.8) is 0 Å². The summed E-state index contributed by atoms with van der Waals surface area (Å²) in [5.74, 6) is -0.625. The van der Waals surface area contributed by atoms with Crippen molar-refractivity contribution in [2.24, 2.45) is 0 Å². The molecule has 1 heterocycles. The molecule has 116 valence electrons. The molecule has 1 aliphatic heterocycles. The topological polar surface area (TPSA) is 83.9 Å². The van der Waals surface area contributed by atoms with Crippen molar-refractivity contribution >= 4 is 16.0 Å². The summed E-state index contributed by atoms with van der Waals surface area (Å²) in [7, 11) is -2.28. The zero-order chi connectivity index (χ0) is 15.6. The lowest BCUT2D eigenvalue weighted by molar-refractivity contribution is -0.136. The van der Waals surface area contributed by atoms with Crippen molar-refractivity contribution in [2.75, 3.05) is 13.7 Å². The summed E-state index contributed by atoms with van der Waals surface area (Å²) in [5.41, 5.74) is 0.856. The van der Waals surface area contributed by atoms with Crippen molar-refractivity contribution in [2.45, 2.75) is 31.1 Å². The molecule has 0 saturated carbocycles. The normalized spacial score (nSPS) is 21.1. The second-order valence-corrected chi connectivity index (χ2v) is 7.27. The van der Waals surface area contributed by atoms with Crippen LogP contribution in [0.25, 0.3) is 0 Å². The van der Waals surface area contributed by atoms with Crippen LogP contribution >= 0.6 is 0 Å². The monoisotopic (exact) mass is 313 g/mol. The summed E-state index contributed by atoms with van der Waals surface area (Å²) in [6.07, 6.45) is 1.42. The molecule has 0 radical (unpaired) electrons. The van der Waals surface area contributed by atoms with E-state index in [-0.39, 0.29) is 6.04 Å². The highest BCUT2D eigenvalue weighted by atomic mass is 32.2. The molecule has 0 aromatic heterocycles. The minimum Gasteiger partial charge on any atom is -0.497 e. The number of carboxylic acids is 1. The highest BCUT2D eigenvalue weighted by molar-refractivity contribution is 7.90. The van der Waals surface area contributed by atoms with Gasteiger partial charge in [-0.15, -0.1) is 0 Å². The average Bonchev–Trinajstić information content (AvgIpc) is 2.96. The number of aliphatic carboxylic acids is 1. The maximum atomic E-state index is 12.4. The van der Waals surface area contributed by atoms with Gasteiger partial charge in [0.25, 0.3) is 0 Å². The Morgan fingerprint density at radius 3 is 2.52 bits per heavy atom. The molecule has 2 rings (SSSR count). The number of ether oxygens (including phenoxy) is 1. The predicted octanol–water partition coefficient (Wildman–Crippen LogP) is 1.63. The first-order valence-corrected chi connectivity index (χ1v) is 8.25. The molecule has 2 unspecified atom stereocenters. The van der Waals surface area contributed by atoms with Crippen LogP contribution < -0.4 is 4.74 Å². The fraction of sp³-hybridized carbons (Fsp3) is 0.500. The van der Waals surface area contributed by atoms with E-state index < -0.39 is 21.2 Å². The van der Waals surface area contributed by atoms with Crippen LogP contribution in [0.3, 0.4) is 0 Å². The van der Waals surface area contributed by atoms with Gasteiger partial charge in [-0.3, -0.25) is 4.79 Å². The molecule has 2 atom stereocenters. The number of carboxylic acid groups (broad SMARTS) is 1. The molecule has 1 aromatic carbocycles. The van der Waals surface area contributed by atoms with E-state index >= 15 is 0 Å². The van der Waals surface area contributed by atoms with Gasteiger partial charge in [0.2, 0.25) is 10.0 Å². The van der Waals surface area contributed by atoms with Crippen LogP contribution in [0, 0.1) is 0 Å². The van der Waals surface area contributed by atoms with Crippen LogP contribution in [0.1, 0.15) is 31.4 Å². The van der Waals surface area contributed by atoms with Gasteiger partial charge >= 0.3 is 5.97 Å². The summed E-state index contributed by atoms with van der Waals surface area (Å²) in [6, 6.07) is 6.90. The molecule has 0 bridgehead atoms. The third-order valence-electron chi connectivity index (χ3n) is 3.83. The van der Waals surface area contributed by atoms with Crippen LogP contribution in [-0.4, -0.2) is 42.7 Å². The third-order valence-corrected chi connectivity index (χ3v) is 6.01. The van der Waals surface area contributed by atoms with Gasteiger partial charge in [0.15, 0.2) is 5.25 Å². The Morgan fingerprint density at radius 1 is 1.38 bits per heavy atom. The fourth-order valence-electron chi connectivity index (χ4n) is 2.53. The van der Waals surface area contributed by atoms with E-state index in [4.69, 9.17) is 9.84 Å². The Morgan fingerprint density at radius 2 is 2.00 bits per heavy atom. The van der Waals surface area contributed by atoms with E-state index in [0.717, 1.165) is 12.0 Å². The summed E-state index contributed by atoms with van der Waals surface area (Å²) in [4.78, 5) is 11.0. The van der Waals surface area contributed by atoms with Crippen molar-refractivity contribution in [1.82, 2.24) is 4.31 Å². The van der Waals surface area contributed by atoms with Gasteiger partial charge in [0.05, 0.1) is 7.11 Å². The Bertz CT molecular complexity index is 611. The highest BCUT2D eigenvalue weighted by Gasteiger charge is 2.40. The molecule has 6 nitrogen and oxygen atoms in total. The molecule has 0 amide bonds. The number of hydrogen-bond acceptors (Lipinski definition) is 4. The largest absolute Gasteiger partial charge is 0.497 e. The first-order valence-electron chi connectivity index (χ1n) is 6.75. The molecule has 1 aliphatic rings. The molecule has 21 heavy (non-hydrogen) atoms. The van der Waals surface area contributed by atoms with Gasteiger partial charge in [-0.2, -0.15) is 4.31 Å². The number of carbonyl (C=O) groups is 1.